The van der Waals surface area contributed by atoms with Crippen LogP contribution in [0.4, 0.5) is 34.5 Å². The van der Waals surface area contributed by atoms with Crippen molar-refractivity contribution >= 4 is 73.9 Å². The van der Waals surface area contributed by atoms with Crippen LogP contribution < -0.4 is 29.9 Å². The average Bonchev–Trinajstić information content (AvgIpc) is 3.32. The van der Waals surface area contributed by atoms with Crippen molar-refractivity contribution in [1.29, 1.82) is 0 Å². The van der Waals surface area contributed by atoms with E-state index in [0.29, 0.717) is 59.9 Å². The predicted octanol–water partition coefficient (Wildman–Crippen LogP) is 5.92. The summed E-state index contributed by atoms with van der Waals surface area (Å²) in [5.74, 6) is 1.30. The fourth-order valence-corrected chi connectivity index (χ4v) is 10.2. The number of hydrogen-bond donors (Lipinski definition) is 3. The molecule has 3 aromatic carbocycles. The number of piperazine rings is 1. The maximum absolute atomic E-state index is 13.3. The molecule has 4 saturated heterocycles. The highest BCUT2D eigenvalue weighted by atomic mass is 35.5. The number of nitrogens with one attached hydrogen (secondary N) is 3. The molecule has 18 heteroatoms. The Balaban J connectivity index is 0.763. The minimum absolute atomic E-state index is 0.190. The molecular weight excluding hydrogens is 868 g/mol. The molecule has 0 bridgehead atoms. The summed E-state index contributed by atoms with van der Waals surface area (Å²) < 4.78 is 31.5. The minimum Gasteiger partial charge on any atom is -0.494 e. The lowest BCUT2D eigenvalue weighted by Crippen LogP contribution is -2.54. The van der Waals surface area contributed by atoms with Crippen LogP contribution in [0, 0.1) is 0 Å². The molecule has 4 aliphatic rings. The van der Waals surface area contributed by atoms with Crippen molar-refractivity contribution in [3.8, 4) is 5.75 Å². The van der Waals surface area contributed by atoms with Crippen LogP contribution in [0.1, 0.15) is 67.9 Å². The number of nitrogens with zero attached hydrogens (tertiary/aromatic N) is 7. The van der Waals surface area contributed by atoms with Crippen LogP contribution in [0.2, 0.25) is 5.02 Å². The van der Waals surface area contributed by atoms with Gasteiger partial charge in [0, 0.05) is 83.5 Å². The Labute approximate surface area is 386 Å². The minimum atomic E-state index is -3.50. The van der Waals surface area contributed by atoms with Gasteiger partial charge in [0.1, 0.15) is 10.8 Å². The number of likely N-dealkylation sites (tertiary alicyclic amines) is 1. The van der Waals surface area contributed by atoms with E-state index < -0.39 is 10.0 Å². The molecule has 4 aromatic rings. The van der Waals surface area contributed by atoms with Gasteiger partial charge in [-0.15, -0.1) is 0 Å². The van der Waals surface area contributed by atoms with Crippen molar-refractivity contribution < 1.29 is 27.5 Å². The molecule has 0 saturated carbocycles. The van der Waals surface area contributed by atoms with E-state index >= 15 is 0 Å². The van der Waals surface area contributed by atoms with Crippen molar-refractivity contribution in [3.05, 3.63) is 89.1 Å². The highest BCUT2D eigenvalue weighted by Crippen LogP contribution is 2.36. The van der Waals surface area contributed by atoms with Gasteiger partial charge in [0.25, 0.3) is 0 Å². The number of para-hydroxylation sites is 2. The third-order valence-corrected chi connectivity index (χ3v) is 14.9. The van der Waals surface area contributed by atoms with E-state index in [0.717, 1.165) is 102 Å². The number of ether oxygens (including phenoxy) is 1. The monoisotopic (exact) mass is 926 g/mol. The summed E-state index contributed by atoms with van der Waals surface area (Å²) in [6.45, 7) is 7.88. The van der Waals surface area contributed by atoms with Crippen LogP contribution in [0.25, 0.3) is 0 Å². The summed E-state index contributed by atoms with van der Waals surface area (Å²) >= 11 is 6.48. The molecule has 0 aliphatic carbocycles. The van der Waals surface area contributed by atoms with Gasteiger partial charge in [-0.05, 0) is 86.5 Å². The second-order valence-electron chi connectivity index (χ2n) is 17.4. The summed E-state index contributed by atoms with van der Waals surface area (Å²) in [6.07, 6.45) is 8.29. The highest BCUT2D eigenvalue weighted by molar-refractivity contribution is 7.92. The number of anilines is 6. The maximum Gasteiger partial charge on any atom is 0.234 e. The van der Waals surface area contributed by atoms with Crippen molar-refractivity contribution in [1.82, 2.24) is 30.0 Å². The molecule has 1 aromatic heterocycles. The lowest BCUT2D eigenvalue weighted by Gasteiger charge is -2.43. The van der Waals surface area contributed by atoms with Gasteiger partial charge in [0.15, 0.2) is 5.82 Å². The van der Waals surface area contributed by atoms with Crippen molar-refractivity contribution in [3.63, 3.8) is 0 Å². The summed E-state index contributed by atoms with van der Waals surface area (Å²) in [4.78, 5) is 55.6. The number of benzene rings is 3. The topological polar surface area (TPSA) is 173 Å². The predicted molar refractivity (Wildman–Crippen MR) is 254 cm³/mol. The van der Waals surface area contributed by atoms with Crippen LogP contribution in [0.5, 0.6) is 5.75 Å². The van der Waals surface area contributed by atoms with E-state index in [1.807, 2.05) is 24.3 Å². The lowest BCUT2D eigenvalue weighted by atomic mass is 9.86. The van der Waals surface area contributed by atoms with E-state index in [1.54, 1.807) is 31.4 Å². The third kappa shape index (κ3) is 11.1. The van der Waals surface area contributed by atoms with Gasteiger partial charge in [-0.2, -0.15) is 4.98 Å². The first-order valence-electron chi connectivity index (χ1n) is 22.5. The number of imide groups is 1. The first-order valence-corrected chi connectivity index (χ1v) is 24.8. The summed E-state index contributed by atoms with van der Waals surface area (Å²) in [6, 6.07) is 21.9. The fraction of sp³-hybridized carbons (Fsp3) is 0.468. The number of amides is 3. The van der Waals surface area contributed by atoms with Gasteiger partial charge < -0.3 is 30.1 Å². The van der Waals surface area contributed by atoms with Crippen LogP contribution in [-0.2, 0) is 24.4 Å². The zero-order valence-corrected chi connectivity index (χ0v) is 38.9. The molecule has 1 atom stereocenters. The number of piperidine rings is 3. The van der Waals surface area contributed by atoms with Crippen LogP contribution in [-0.4, -0.2) is 136 Å². The van der Waals surface area contributed by atoms with Gasteiger partial charge in [-0.1, -0.05) is 48.0 Å². The van der Waals surface area contributed by atoms with Crippen molar-refractivity contribution in [2.24, 2.45) is 0 Å². The molecule has 0 radical (unpaired) electrons. The molecule has 65 heavy (non-hydrogen) atoms. The molecule has 5 heterocycles. The molecule has 3 N–H and O–H groups in total. The standard InChI is InChI=1S/C47H59ClN10O6S/c1-54(65(3,62)63)41-7-5-4-6-39(41)50-45-38(48)31-49-47(53-45)51-40-14-12-36(30-42(40)64-2)56-24-18-35(19-25-56)57-26-28-58(29-27-57)44(60)20-23-55-21-16-33(17-22-55)32-8-10-34(11-9-32)37-13-15-43(59)52-46(37)61/h4-12,14,30-31,33,35,37H,13,15-29H2,1-3H3,(H,52,59,61)(H2,49,50,51,53). The number of carbonyl (C=O) groups excluding carboxylic acids is 3. The zero-order chi connectivity index (χ0) is 45.7. The maximum atomic E-state index is 13.3. The number of carbonyl (C=O) groups is 3. The summed E-state index contributed by atoms with van der Waals surface area (Å²) in [5.41, 5.74) is 4.97. The number of hydrogen-bond acceptors (Lipinski definition) is 13. The van der Waals surface area contributed by atoms with Gasteiger partial charge in [-0.3, -0.25) is 28.9 Å². The molecule has 3 amide bonds. The fourth-order valence-electron chi connectivity index (χ4n) is 9.52. The molecule has 346 valence electrons. The Hall–Kier alpha value is -5.49. The molecule has 16 nitrogen and oxygen atoms in total. The highest BCUT2D eigenvalue weighted by Gasteiger charge is 2.31. The molecular formula is C47H59ClN10O6S. The Morgan fingerprint density at radius 3 is 2.28 bits per heavy atom. The van der Waals surface area contributed by atoms with E-state index in [2.05, 4.69) is 63.7 Å². The van der Waals surface area contributed by atoms with Crippen molar-refractivity contribution in [2.45, 2.75) is 62.8 Å². The Morgan fingerprint density at radius 1 is 0.877 bits per heavy atom. The zero-order valence-electron chi connectivity index (χ0n) is 37.3. The Bertz CT molecular complexity index is 2450. The average molecular weight is 928 g/mol. The molecule has 4 aliphatic heterocycles. The lowest BCUT2D eigenvalue weighted by molar-refractivity contribution is -0.135. The number of sulfonamides is 1. The van der Waals surface area contributed by atoms with Gasteiger partial charge >= 0.3 is 0 Å². The second-order valence-corrected chi connectivity index (χ2v) is 19.9. The number of aromatic nitrogens is 2. The third-order valence-electron chi connectivity index (χ3n) is 13.5. The van der Waals surface area contributed by atoms with E-state index in [-0.39, 0.29) is 34.6 Å². The second kappa shape index (κ2) is 20.4. The number of halogens is 1. The Morgan fingerprint density at radius 2 is 1.58 bits per heavy atom. The van der Waals surface area contributed by atoms with Crippen molar-refractivity contribution in [2.75, 3.05) is 99.2 Å². The normalized spacial score (nSPS) is 19.5. The van der Waals surface area contributed by atoms with Gasteiger partial charge in [-0.25, -0.2) is 13.4 Å². The summed E-state index contributed by atoms with van der Waals surface area (Å²) in [5, 5.41) is 9.14. The largest absolute Gasteiger partial charge is 0.494 e. The van der Waals surface area contributed by atoms with E-state index in [9.17, 15) is 22.8 Å². The smallest absolute Gasteiger partial charge is 0.234 e. The number of rotatable bonds is 14. The quantitative estimate of drug-likeness (QED) is 0.127. The van der Waals surface area contributed by atoms with Gasteiger partial charge in [0.05, 0.1) is 42.5 Å². The molecule has 4 fully saturated rings. The first-order chi connectivity index (χ1) is 31.3. The number of methoxy groups -OCH3 is 1. The van der Waals surface area contributed by atoms with Gasteiger partial charge in [0.2, 0.25) is 33.7 Å². The van der Waals surface area contributed by atoms with Crippen LogP contribution in [0.3, 0.4) is 0 Å². The van der Waals surface area contributed by atoms with Crippen LogP contribution >= 0.6 is 11.6 Å². The molecule has 1 unspecified atom stereocenters. The van der Waals surface area contributed by atoms with E-state index in [4.69, 9.17) is 16.3 Å². The molecule has 0 spiro atoms. The van der Waals surface area contributed by atoms with Crippen LogP contribution in [0.15, 0.2) is 72.9 Å². The summed E-state index contributed by atoms with van der Waals surface area (Å²) in [7, 11) is -0.385. The molecule has 8 rings (SSSR count). The first kappa shape index (κ1) is 46.1. The SMILES string of the molecule is COc1cc(N2CCC(N3CCN(C(=O)CCN4CCC(c5ccc(C6CCC(=O)NC6=O)cc5)CC4)CC3)CC2)ccc1Nc1ncc(Cl)c(Nc2ccccc2N(C)S(C)(=O)=O)n1. The van der Waals surface area contributed by atoms with E-state index in [1.165, 1.54) is 23.1 Å². The Kier molecular flexibility index (Phi) is 14.4.